The van der Waals surface area contributed by atoms with Crippen molar-refractivity contribution in [1.82, 2.24) is 4.98 Å². The Bertz CT molecular complexity index is 1610. The zero-order valence-corrected chi connectivity index (χ0v) is 22.2. The number of nitrogens with one attached hydrogen (secondary N) is 1. The zero-order valence-electron chi connectivity index (χ0n) is 20.6. The average molecular weight is 532 g/mol. The Hall–Kier alpha value is -3.94. The molecule has 5 N–H and O–H groups in total. The molecule has 37 heavy (non-hydrogen) atoms. The third kappa shape index (κ3) is 4.20. The minimum atomic E-state index is -0.471. The minimum absolute atomic E-state index is 0.0758. The van der Waals surface area contributed by atoms with Crippen molar-refractivity contribution in [3.8, 4) is 17.2 Å². The van der Waals surface area contributed by atoms with E-state index < -0.39 is 11.9 Å². The average Bonchev–Trinajstić information content (AvgIpc) is 3.39. The predicted molar refractivity (Wildman–Crippen MR) is 148 cm³/mol. The molecule has 0 saturated heterocycles. The Balaban J connectivity index is 1.62. The number of pyridine rings is 1. The Morgan fingerprint density at radius 3 is 2.62 bits per heavy atom. The van der Waals surface area contributed by atoms with Crippen molar-refractivity contribution in [2.75, 3.05) is 23.9 Å². The van der Waals surface area contributed by atoms with E-state index in [0.717, 1.165) is 52.2 Å². The summed E-state index contributed by atoms with van der Waals surface area (Å²) in [5, 5.41) is 13.7. The second-order valence-corrected chi connectivity index (χ2v) is 11.4. The summed E-state index contributed by atoms with van der Waals surface area (Å²) in [5.41, 5.74) is 16.8. The molecule has 1 unspecified atom stereocenters. The van der Waals surface area contributed by atoms with Crippen LogP contribution < -0.4 is 16.8 Å². The molecule has 0 fully saturated rings. The number of carbonyl (C=O) groups is 2. The predicted octanol–water partition coefficient (Wildman–Crippen LogP) is 5.53. The van der Waals surface area contributed by atoms with Gasteiger partial charge in [-0.3, -0.25) is 4.79 Å². The Morgan fingerprint density at radius 2 is 1.95 bits per heavy atom. The fourth-order valence-electron chi connectivity index (χ4n) is 4.78. The summed E-state index contributed by atoms with van der Waals surface area (Å²) in [6.07, 6.45) is 2.59. The molecular formula is C27H25N5O3S2. The van der Waals surface area contributed by atoms with Crippen LogP contribution in [-0.4, -0.2) is 24.0 Å². The number of hydrogen-bond acceptors (Lipinski definition) is 9. The topological polar surface area (TPSA) is 144 Å². The first-order chi connectivity index (χ1) is 17.7. The van der Waals surface area contributed by atoms with Crippen molar-refractivity contribution in [1.29, 1.82) is 5.26 Å². The Kier molecular flexibility index (Phi) is 6.35. The van der Waals surface area contributed by atoms with Crippen molar-refractivity contribution in [2.24, 2.45) is 5.92 Å². The number of methoxy groups -OCH3 is 1. The fraction of sp³-hybridized carbons (Fsp3) is 0.259. The highest BCUT2D eigenvalue weighted by atomic mass is 32.1. The van der Waals surface area contributed by atoms with Crippen LogP contribution in [0.3, 0.4) is 0 Å². The number of benzene rings is 1. The Morgan fingerprint density at radius 1 is 1.22 bits per heavy atom. The van der Waals surface area contributed by atoms with Crippen LogP contribution in [0.25, 0.3) is 21.3 Å². The normalized spacial score (nSPS) is 14.7. The maximum Gasteiger partial charge on any atom is 0.341 e. The van der Waals surface area contributed by atoms with Gasteiger partial charge in [-0.2, -0.15) is 5.26 Å². The summed E-state index contributed by atoms with van der Waals surface area (Å²) in [6, 6.07) is 9.79. The van der Waals surface area contributed by atoms with Gasteiger partial charge in [0.15, 0.2) is 0 Å². The quantitative estimate of drug-likeness (QED) is 0.294. The standard InChI is InChI=1S/C27H25N5O3S2/c1-12-4-7-14(8-5-12)18-16(11-28)23(30)31-26-20(18)21(29)22(37-26)24(33)32-25-19(27(34)35-3)15-9-6-13(2)10-17(15)36-25/h4-5,7-8,13H,6,9-10,29H2,1-3H3,(H2,30,31)(H,32,33). The highest BCUT2D eigenvalue weighted by molar-refractivity contribution is 7.21. The van der Waals surface area contributed by atoms with Crippen LogP contribution in [0, 0.1) is 24.2 Å². The molecule has 3 aromatic heterocycles. The van der Waals surface area contributed by atoms with Gasteiger partial charge in [0.1, 0.15) is 32.2 Å². The van der Waals surface area contributed by atoms with Crippen molar-refractivity contribution in [3.63, 3.8) is 0 Å². The summed E-state index contributed by atoms with van der Waals surface area (Å²) in [4.78, 5) is 32.4. The van der Waals surface area contributed by atoms with Crippen molar-refractivity contribution < 1.29 is 14.3 Å². The number of fused-ring (bicyclic) bond motifs is 2. The number of hydrogen-bond donors (Lipinski definition) is 3. The van der Waals surface area contributed by atoms with Gasteiger partial charge in [-0.15, -0.1) is 22.7 Å². The van der Waals surface area contributed by atoms with Crippen LogP contribution in [0.2, 0.25) is 0 Å². The zero-order chi connectivity index (χ0) is 26.4. The number of anilines is 3. The second-order valence-electron chi connectivity index (χ2n) is 9.25. The summed E-state index contributed by atoms with van der Waals surface area (Å²) < 4.78 is 5.04. The molecule has 0 radical (unpaired) electrons. The van der Waals surface area contributed by atoms with E-state index in [1.54, 1.807) is 0 Å². The molecular weight excluding hydrogens is 506 g/mol. The number of nitrogen functional groups attached to an aromatic ring is 2. The molecule has 188 valence electrons. The van der Waals surface area contributed by atoms with Gasteiger partial charge in [-0.05, 0) is 43.2 Å². The van der Waals surface area contributed by atoms with E-state index in [2.05, 4.69) is 23.3 Å². The molecule has 8 nitrogen and oxygen atoms in total. The summed E-state index contributed by atoms with van der Waals surface area (Å²) in [6.45, 7) is 4.15. The van der Waals surface area contributed by atoms with Crippen LogP contribution >= 0.6 is 22.7 Å². The van der Waals surface area contributed by atoms with E-state index in [1.165, 1.54) is 18.4 Å². The SMILES string of the molecule is COC(=O)c1c(NC(=O)c2sc3nc(N)c(C#N)c(-c4ccc(C)cc4)c3c2N)sc2c1CCC(C)C2. The smallest absolute Gasteiger partial charge is 0.341 e. The fourth-order valence-corrected chi connectivity index (χ4v) is 7.18. The van der Waals surface area contributed by atoms with Gasteiger partial charge in [0.25, 0.3) is 5.91 Å². The molecule has 0 saturated carbocycles. The van der Waals surface area contributed by atoms with Gasteiger partial charge in [0, 0.05) is 15.8 Å². The van der Waals surface area contributed by atoms with Gasteiger partial charge >= 0.3 is 5.97 Å². The molecule has 5 rings (SSSR count). The second kappa shape index (κ2) is 9.50. The van der Waals surface area contributed by atoms with E-state index in [0.29, 0.717) is 32.3 Å². The molecule has 1 aromatic carbocycles. The first kappa shape index (κ1) is 24.7. The molecule has 0 aliphatic heterocycles. The maximum absolute atomic E-state index is 13.5. The molecule has 3 heterocycles. The van der Waals surface area contributed by atoms with Crippen molar-refractivity contribution in [3.05, 3.63) is 56.3 Å². The highest BCUT2D eigenvalue weighted by Crippen LogP contribution is 2.44. The van der Waals surface area contributed by atoms with E-state index in [1.807, 2.05) is 31.2 Å². The first-order valence-corrected chi connectivity index (χ1v) is 13.4. The lowest BCUT2D eigenvalue weighted by molar-refractivity contribution is 0.0601. The van der Waals surface area contributed by atoms with Crippen LogP contribution in [0.5, 0.6) is 0 Å². The van der Waals surface area contributed by atoms with Gasteiger partial charge in [0.05, 0.1) is 18.4 Å². The maximum atomic E-state index is 13.5. The van der Waals surface area contributed by atoms with Crippen LogP contribution in [0.1, 0.15) is 54.9 Å². The molecule has 1 aliphatic carbocycles. The van der Waals surface area contributed by atoms with E-state index in [-0.39, 0.29) is 21.9 Å². The third-order valence-corrected chi connectivity index (χ3v) is 8.96. The summed E-state index contributed by atoms with van der Waals surface area (Å²) in [5.74, 6) is -0.345. The number of ether oxygens (including phenoxy) is 1. The van der Waals surface area contributed by atoms with E-state index in [4.69, 9.17) is 16.2 Å². The number of nitrogens with zero attached hydrogens (tertiary/aromatic N) is 2. The Labute approximate surface area is 221 Å². The molecule has 1 atom stereocenters. The monoisotopic (exact) mass is 531 g/mol. The number of rotatable bonds is 4. The van der Waals surface area contributed by atoms with Crippen molar-refractivity contribution in [2.45, 2.75) is 33.1 Å². The van der Waals surface area contributed by atoms with E-state index in [9.17, 15) is 14.9 Å². The molecule has 1 amide bonds. The lowest BCUT2D eigenvalue weighted by Gasteiger charge is -2.18. The number of amides is 1. The number of aromatic nitrogens is 1. The minimum Gasteiger partial charge on any atom is -0.465 e. The van der Waals surface area contributed by atoms with Crippen LogP contribution in [0.15, 0.2) is 24.3 Å². The first-order valence-electron chi connectivity index (χ1n) is 11.8. The molecule has 4 aromatic rings. The van der Waals surface area contributed by atoms with Crippen LogP contribution in [-0.2, 0) is 17.6 Å². The lowest BCUT2D eigenvalue weighted by atomic mass is 9.88. The number of nitriles is 1. The van der Waals surface area contributed by atoms with Gasteiger partial charge in [-0.1, -0.05) is 36.8 Å². The molecule has 10 heteroatoms. The highest BCUT2D eigenvalue weighted by Gasteiger charge is 2.30. The molecule has 0 bridgehead atoms. The van der Waals surface area contributed by atoms with Gasteiger partial charge < -0.3 is 21.5 Å². The number of nitrogens with two attached hydrogens (primary N) is 2. The summed E-state index contributed by atoms with van der Waals surface area (Å²) in [7, 11) is 1.34. The largest absolute Gasteiger partial charge is 0.465 e. The number of carbonyl (C=O) groups excluding carboxylic acids is 2. The molecule has 0 spiro atoms. The van der Waals surface area contributed by atoms with Crippen molar-refractivity contribution >= 4 is 61.3 Å². The van der Waals surface area contributed by atoms with E-state index >= 15 is 0 Å². The van der Waals surface area contributed by atoms with Crippen LogP contribution in [0.4, 0.5) is 16.5 Å². The number of aryl methyl sites for hydroxylation is 1. The number of thiophene rings is 2. The summed E-state index contributed by atoms with van der Waals surface area (Å²) >= 11 is 2.51. The van der Waals surface area contributed by atoms with Gasteiger partial charge in [0.2, 0.25) is 0 Å². The number of esters is 1. The molecule has 1 aliphatic rings. The third-order valence-electron chi connectivity index (χ3n) is 6.69. The lowest BCUT2D eigenvalue weighted by Crippen LogP contribution is -2.16. The van der Waals surface area contributed by atoms with Gasteiger partial charge in [-0.25, -0.2) is 9.78 Å².